The van der Waals surface area contributed by atoms with Crippen molar-refractivity contribution in [3.05, 3.63) is 95.6 Å². The van der Waals surface area contributed by atoms with Gasteiger partial charge in [-0.25, -0.2) is 9.59 Å². The van der Waals surface area contributed by atoms with E-state index in [9.17, 15) is 24.6 Å². The Hall–Kier alpha value is -4.21. The number of amides is 2. The van der Waals surface area contributed by atoms with Crippen molar-refractivity contribution in [1.82, 2.24) is 10.6 Å². The average molecular weight is 533 g/mol. The smallest absolute Gasteiger partial charge is 0.407 e. The summed E-state index contributed by atoms with van der Waals surface area (Å²) in [5, 5.41) is 23.5. The molecule has 1 aliphatic carbocycles. The number of aliphatic hydroxyl groups excluding tert-OH is 1. The maximum Gasteiger partial charge on any atom is 0.407 e. The van der Waals surface area contributed by atoms with Crippen LogP contribution < -0.4 is 10.6 Å². The molecule has 9 heteroatoms. The molecule has 0 heterocycles. The lowest BCUT2D eigenvalue weighted by atomic mass is 9.98. The Kier molecular flexibility index (Phi) is 9.30. The third-order valence-electron chi connectivity index (χ3n) is 6.76. The van der Waals surface area contributed by atoms with Gasteiger partial charge in [-0.1, -0.05) is 78.9 Å². The van der Waals surface area contributed by atoms with Crippen LogP contribution in [0.25, 0.3) is 11.1 Å². The quantitative estimate of drug-likeness (QED) is 0.281. The van der Waals surface area contributed by atoms with Crippen LogP contribution in [0.5, 0.6) is 0 Å². The maximum atomic E-state index is 13.1. The van der Waals surface area contributed by atoms with Crippen molar-refractivity contribution in [2.45, 2.75) is 44.1 Å². The fraction of sp³-hybridized carbons (Fsp3) is 0.300. The third-order valence-corrected chi connectivity index (χ3v) is 6.76. The molecule has 4 N–H and O–H groups in total. The van der Waals surface area contributed by atoms with Gasteiger partial charge >= 0.3 is 12.1 Å². The maximum absolute atomic E-state index is 13.1. The van der Waals surface area contributed by atoms with E-state index in [2.05, 4.69) is 10.6 Å². The molecule has 39 heavy (non-hydrogen) atoms. The number of hydrogen-bond donors (Lipinski definition) is 4. The van der Waals surface area contributed by atoms with Crippen LogP contribution in [0.15, 0.2) is 78.9 Å². The molecule has 0 unspecified atom stereocenters. The van der Waals surface area contributed by atoms with Gasteiger partial charge in [0.25, 0.3) is 0 Å². The SMILES string of the molecule is C[C@H](OCc1ccccc1)[C@@H](NC(=O)OCC1c2ccccc2-c2ccccc21)C(=O)N[C@@H](CCO)C(=O)O. The lowest BCUT2D eigenvalue weighted by molar-refractivity contribution is -0.143. The zero-order valence-corrected chi connectivity index (χ0v) is 21.6. The van der Waals surface area contributed by atoms with E-state index in [1.54, 1.807) is 6.92 Å². The summed E-state index contributed by atoms with van der Waals surface area (Å²) in [4.78, 5) is 37.6. The summed E-state index contributed by atoms with van der Waals surface area (Å²) >= 11 is 0. The highest BCUT2D eigenvalue weighted by molar-refractivity contribution is 5.89. The van der Waals surface area contributed by atoms with Gasteiger partial charge in [-0.3, -0.25) is 4.79 Å². The Labute approximate surface area is 226 Å². The average Bonchev–Trinajstić information content (AvgIpc) is 3.27. The van der Waals surface area contributed by atoms with E-state index in [0.29, 0.717) is 0 Å². The van der Waals surface area contributed by atoms with Crippen molar-refractivity contribution in [3.8, 4) is 11.1 Å². The van der Waals surface area contributed by atoms with Gasteiger partial charge in [-0.2, -0.15) is 0 Å². The molecule has 0 spiro atoms. The number of carbonyl (C=O) groups is 3. The van der Waals surface area contributed by atoms with Crippen molar-refractivity contribution < 1.29 is 34.1 Å². The molecule has 3 aromatic rings. The highest BCUT2D eigenvalue weighted by atomic mass is 16.5. The van der Waals surface area contributed by atoms with Gasteiger partial charge < -0.3 is 30.3 Å². The second kappa shape index (κ2) is 13.0. The van der Waals surface area contributed by atoms with Gasteiger partial charge in [-0.05, 0) is 34.7 Å². The molecule has 9 nitrogen and oxygen atoms in total. The number of alkyl carbamates (subject to hydrolysis) is 1. The number of aliphatic hydroxyl groups is 1. The molecular formula is C30H32N2O7. The Morgan fingerprint density at radius 1 is 0.872 bits per heavy atom. The van der Waals surface area contributed by atoms with Crippen LogP contribution in [0.3, 0.4) is 0 Å². The Bertz CT molecular complexity index is 1250. The Balaban J connectivity index is 1.45. The first-order valence-electron chi connectivity index (χ1n) is 12.8. The number of nitrogens with one attached hydrogen (secondary N) is 2. The zero-order valence-electron chi connectivity index (χ0n) is 21.6. The van der Waals surface area contributed by atoms with Crippen LogP contribution in [0.2, 0.25) is 0 Å². The summed E-state index contributed by atoms with van der Waals surface area (Å²) in [6.07, 6.45) is -1.84. The van der Waals surface area contributed by atoms with Crippen LogP contribution in [-0.2, 0) is 25.7 Å². The number of benzene rings is 3. The van der Waals surface area contributed by atoms with Crippen molar-refractivity contribution in [2.75, 3.05) is 13.2 Å². The largest absolute Gasteiger partial charge is 0.480 e. The number of fused-ring (bicyclic) bond motifs is 3. The monoisotopic (exact) mass is 532 g/mol. The van der Waals surface area contributed by atoms with Gasteiger partial charge in [0, 0.05) is 18.9 Å². The van der Waals surface area contributed by atoms with Crippen molar-refractivity contribution in [1.29, 1.82) is 0 Å². The van der Waals surface area contributed by atoms with Crippen LogP contribution in [0.1, 0.15) is 36.0 Å². The van der Waals surface area contributed by atoms with Crippen LogP contribution >= 0.6 is 0 Å². The predicted octanol–water partition coefficient (Wildman–Crippen LogP) is 3.45. The second-order valence-corrected chi connectivity index (χ2v) is 9.36. The van der Waals surface area contributed by atoms with E-state index in [0.717, 1.165) is 27.8 Å². The Morgan fingerprint density at radius 3 is 2.05 bits per heavy atom. The van der Waals surface area contributed by atoms with Crippen molar-refractivity contribution in [3.63, 3.8) is 0 Å². The zero-order chi connectivity index (χ0) is 27.8. The molecule has 204 valence electrons. The predicted molar refractivity (Wildman–Crippen MR) is 144 cm³/mol. The first-order valence-corrected chi connectivity index (χ1v) is 12.8. The summed E-state index contributed by atoms with van der Waals surface area (Å²) in [5.41, 5.74) is 5.15. The van der Waals surface area contributed by atoms with Crippen molar-refractivity contribution in [2.24, 2.45) is 0 Å². The molecule has 0 fully saturated rings. The molecule has 1 aliphatic rings. The van der Waals surface area contributed by atoms with Crippen LogP contribution in [0, 0.1) is 0 Å². The lowest BCUT2D eigenvalue weighted by Crippen LogP contribution is -2.56. The number of rotatable bonds is 12. The van der Waals surface area contributed by atoms with Crippen LogP contribution in [0.4, 0.5) is 4.79 Å². The summed E-state index contributed by atoms with van der Waals surface area (Å²) in [6.45, 7) is 1.41. The fourth-order valence-corrected chi connectivity index (χ4v) is 4.71. The molecule has 3 aromatic carbocycles. The first kappa shape index (κ1) is 27.8. The van der Waals surface area contributed by atoms with E-state index in [1.165, 1.54) is 0 Å². The lowest BCUT2D eigenvalue weighted by Gasteiger charge is -2.26. The Morgan fingerprint density at radius 2 is 1.46 bits per heavy atom. The second-order valence-electron chi connectivity index (χ2n) is 9.36. The number of hydrogen-bond acceptors (Lipinski definition) is 6. The first-order chi connectivity index (χ1) is 18.9. The van der Waals surface area contributed by atoms with Crippen molar-refractivity contribution >= 4 is 18.0 Å². The molecule has 4 rings (SSSR count). The van der Waals surface area contributed by atoms with Crippen LogP contribution in [-0.4, -0.2) is 59.6 Å². The topological polar surface area (TPSA) is 134 Å². The summed E-state index contributed by atoms with van der Waals surface area (Å²) < 4.78 is 11.4. The number of aliphatic carboxylic acids is 1. The fourth-order valence-electron chi connectivity index (χ4n) is 4.71. The standard InChI is InChI=1S/C30H32N2O7/c1-19(38-17-20-9-3-2-4-10-20)27(28(34)31-26(15-16-33)29(35)36)32-30(37)39-18-25-23-13-7-5-11-21(23)22-12-6-8-14-24(22)25/h2-14,19,25-27,33H,15-18H2,1H3,(H,31,34)(H,32,37)(H,35,36)/t19-,26-,27+/m0/s1. The minimum absolute atomic E-state index is 0.0513. The van der Waals surface area contributed by atoms with E-state index in [4.69, 9.17) is 9.47 Å². The van der Waals surface area contributed by atoms with E-state index < -0.39 is 42.8 Å². The van der Waals surface area contributed by atoms with E-state index in [1.807, 2.05) is 78.9 Å². The molecule has 0 aromatic heterocycles. The molecule has 0 bridgehead atoms. The van der Waals surface area contributed by atoms with Gasteiger partial charge in [0.1, 0.15) is 18.7 Å². The minimum Gasteiger partial charge on any atom is -0.480 e. The summed E-state index contributed by atoms with van der Waals surface area (Å²) in [6, 6.07) is 22.6. The molecule has 0 saturated carbocycles. The number of carboxylic acids is 1. The van der Waals surface area contributed by atoms with E-state index >= 15 is 0 Å². The highest BCUT2D eigenvalue weighted by Crippen LogP contribution is 2.44. The van der Waals surface area contributed by atoms with Gasteiger partial charge in [0.15, 0.2) is 0 Å². The van der Waals surface area contributed by atoms with Gasteiger partial charge in [-0.15, -0.1) is 0 Å². The minimum atomic E-state index is -1.32. The normalized spacial score (nSPS) is 14.4. The summed E-state index contributed by atoms with van der Waals surface area (Å²) in [5.74, 6) is -2.22. The molecular weight excluding hydrogens is 500 g/mol. The number of carbonyl (C=O) groups excluding carboxylic acids is 2. The number of carboxylic acid groups (broad SMARTS) is 1. The molecule has 3 atom stereocenters. The van der Waals surface area contributed by atoms with Gasteiger partial charge in [0.2, 0.25) is 5.91 Å². The van der Waals surface area contributed by atoms with E-state index in [-0.39, 0.29) is 25.6 Å². The summed E-state index contributed by atoms with van der Waals surface area (Å²) in [7, 11) is 0. The molecule has 0 saturated heterocycles. The molecule has 0 radical (unpaired) electrons. The molecule has 2 amide bonds. The number of ether oxygens (including phenoxy) is 2. The van der Waals surface area contributed by atoms with Gasteiger partial charge in [0.05, 0.1) is 12.7 Å². The third kappa shape index (κ3) is 6.81. The molecule has 0 aliphatic heterocycles. The highest BCUT2D eigenvalue weighted by Gasteiger charge is 2.33.